The van der Waals surface area contributed by atoms with E-state index in [1.165, 1.54) is 0 Å². The van der Waals surface area contributed by atoms with Crippen molar-refractivity contribution in [1.82, 2.24) is 19.3 Å². The molecule has 2 aromatic rings. The maximum atomic E-state index is 14.5. The number of thiazole rings is 1. The summed E-state index contributed by atoms with van der Waals surface area (Å²) in [5, 5.41) is 3.03. The fourth-order valence-corrected chi connectivity index (χ4v) is 4.57. The van der Waals surface area contributed by atoms with Crippen LogP contribution in [0.2, 0.25) is 0 Å². The van der Waals surface area contributed by atoms with Crippen molar-refractivity contribution < 1.29 is 22.3 Å². The SMILES string of the molecule is C=C(OCC)c1nc(C(F)(F)F)c(-c2nc(NC3CCN(SC)CC3)ncc2F)s1. The summed E-state index contributed by atoms with van der Waals surface area (Å²) in [6, 6.07) is 0.0588. The summed E-state index contributed by atoms with van der Waals surface area (Å²) in [7, 11) is 0. The number of anilines is 1. The Balaban J connectivity index is 1.91. The van der Waals surface area contributed by atoms with Crippen molar-refractivity contribution in [3.63, 3.8) is 0 Å². The van der Waals surface area contributed by atoms with Crippen LogP contribution in [0, 0.1) is 5.82 Å². The quantitative estimate of drug-likeness (QED) is 0.355. The molecule has 0 unspecified atom stereocenters. The number of ether oxygens (including phenoxy) is 1. The molecule has 1 aliphatic heterocycles. The van der Waals surface area contributed by atoms with Crippen LogP contribution in [-0.2, 0) is 10.9 Å². The van der Waals surface area contributed by atoms with Crippen LogP contribution in [0.4, 0.5) is 23.5 Å². The van der Waals surface area contributed by atoms with E-state index < -0.39 is 28.3 Å². The molecule has 0 saturated carbocycles. The number of nitrogens with one attached hydrogen (secondary N) is 1. The summed E-state index contributed by atoms with van der Waals surface area (Å²) in [5.41, 5.74) is -1.67. The number of hydrogen-bond acceptors (Lipinski definition) is 8. The van der Waals surface area contributed by atoms with Crippen LogP contribution in [0.5, 0.6) is 0 Å². The van der Waals surface area contributed by atoms with Crippen LogP contribution in [-0.4, -0.2) is 51.3 Å². The average Bonchev–Trinajstić information content (AvgIpc) is 3.16. The van der Waals surface area contributed by atoms with Gasteiger partial charge in [0.1, 0.15) is 11.5 Å². The van der Waals surface area contributed by atoms with Gasteiger partial charge in [-0.15, -0.1) is 11.3 Å². The molecule has 3 heterocycles. The molecule has 164 valence electrons. The highest BCUT2D eigenvalue weighted by Gasteiger charge is 2.39. The fourth-order valence-electron chi connectivity index (χ4n) is 2.99. The summed E-state index contributed by atoms with van der Waals surface area (Å²) in [4.78, 5) is 11.1. The minimum absolute atomic E-state index is 0.00684. The van der Waals surface area contributed by atoms with Gasteiger partial charge in [-0.05, 0) is 26.0 Å². The number of nitrogens with zero attached hydrogens (tertiary/aromatic N) is 4. The Bertz CT molecular complexity index is 897. The maximum Gasteiger partial charge on any atom is 0.434 e. The van der Waals surface area contributed by atoms with E-state index in [4.69, 9.17) is 4.74 Å². The highest BCUT2D eigenvalue weighted by atomic mass is 32.2. The first-order valence-electron chi connectivity index (χ1n) is 9.21. The zero-order chi connectivity index (χ0) is 21.9. The summed E-state index contributed by atoms with van der Waals surface area (Å²) >= 11 is 2.30. The molecule has 0 atom stereocenters. The van der Waals surface area contributed by atoms with E-state index in [-0.39, 0.29) is 29.4 Å². The highest BCUT2D eigenvalue weighted by Crippen LogP contribution is 2.42. The van der Waals surface area contributed by atoms with Crippen molar-refractivity contribution in [2.24, 2.45) is 0 Å². The van der Waals surface area contributed by atoms with Crippen molar-refractivity contribution in [2.45, 2.75) is 32.0 Å². The Morgan fingerprint density at radius 1 is 1.37 bits per heavy atom. The molecule has 0 radical (unpaired) electrons. The molecule has 0 amide bonds. The lowest BCUT2D eigenvalue weighted by Crippen LogP contribution is -2.35. The van der Waals surface area contributed by atoms with Gasteiger partial charge in [-0.2, -0.15) is 13.2 Å². The molecule has 0 spiro atoms. The van der Waals surface area contributed by atoms with Crippen molar-refractivity contribution in [3.05, 3.63) is 29.3 Å². The van der Waals surface area contributed by atoms with Crippen molar-refractivity contribution in [2.75, 3.05) is 31.3 Å². The normalized spacial score (nSPS) is 15.9. The molecule has 1 aliphatic rings. The van der Waals surface area contributed by atoms with Gasteiger partial charge < -0.3 is 10.1 Å². The van der Waals surface area contributed by atoms with E-state index >= 15 is 0 Å². The average molecular weight is 464 g/mol. The lowest BCUT2D eigenvalue weighted by atomic mass is 10.1. The van der Waals surface area contributed by atoms with Crippen molar-refractivity contribution in [3.8, 4) is 10.6 Å². The van der Waals surface area contributed by atoms with Gasteiger partial charge in [0.05, 0.1) is 17.7 Å². The number of alkyl halides is 3. The molecule has 0 bridgehead atoms. The highest BCUT2D eigenvalue weighted by molar-refractivity contribution is 7.96. The third-order valence-electron chi connectivity index (χ3n) is 4.46. The predicted molar refractivity (Wildman–Crippen MR) is 110 cm³/mol. The predicted octanol–water partition coefficient (Wildman–Crippen LogP) is 4.92. The molecular formula is C18H21F4N5OS2. The second-order valence-electron chi connectivity index (χ2n) is 6.47. The molecule has 0 aromatic carbocycles. The van der Waals surface area contributed by atoms with Crippen molar-refractivity contribution in [1.29, 1.82) is 0 Å². The van der Waals surface area contributed by atoms with E-state index in [2.05, 4.69) is 31.2 Å². The molecule has 6 nitrogen and oxygen atoms in total. The van der Waals surface area contributed by atoms with Crippen LogP contribution < -0.4 is 5.32 Å². The summed E-state index contributed by atoms with van der Waals surface area (Å²) in [5.74, 6) is -0.881. The monoisotopic (exact) mass is 463 g/mol. The standard InChI is InChI=1S/C18H21F4N5OS2/c1-4-28-10(2)16-26-15(18(20,21)22)14(30-16)13-12(19)9-23-17(25-13)24-11-5-7-27(29-3)8-6-11/h9,11H,2,4-8H2,1,3H3,(H,23,24,25). The van der Waals surface area contributed by atoms with Gasteiger partial charge in [0.2, 0.25) is 5.95 Å². The van der Waals surface area contributed by atoms with E-state index in [9.17, 15) is 17.6 Å². The van der Waals surface area contributed by atoms with Crippen LogP contribution >= 0.6 is 23.3 Å². The molecule has 12 heteroatoms. The third-order valence-corrected chi connectivity index (χ3v) is 6.44. The van der Waals surface area contributed by atoms with Gasteiger partial charge in [0.25, 0.3) is 0 Å². The van der Waals surface area contributed by atoms with Gasteiger partial charge in [-0.25, -0.2) is 19.3 Å². The van der Waals surface area contributed by atoms with Crippen molar-refractivity contribution >= 4 is 35.0 Å². The Labute approximate surface area is 179 Å². The van der Waals surface area contributed by atoms with Crippen LogP contribution in [0.3, 0.4) is 0 Å². The maximum absolute atomic E-state index is 14.5. The lowest BCUT2D eigenvalue weighted by Gasteiger charge is -2.30. The van der Waals surface area contributed by atoms with Crippen LogP contribution in [0.25, 0.3) is 16.3 Å². The smallest absolute Gasteiger partial charge is 0.434 e. The largest absolute Gasteiger partial charge is 0.491 e. The molecule has 3 rings (SSSR count). The van der Waals surface area contributed by atoms with Gasteiger partial charge in [-0.1, -0.05) is 18.5 Å². The Hall–Kier alpha value is -1.92. The van der Waals surface area contributed by atoms with E-state index in [1.54, 1.807) is 18.9 Å². The molecule has 1 N–H and O–H groups in total. The Morgan fingerprint density at radius 3 is 2.67 bits per heavy atom. The topological polar surface area (TPSA) is 63.2 Å². The number of hydrogen-bond donors (Lipinski definition) is 1. The van der Waals surface area contributed by atoms with Gasteiger partial charge in [0, 0.05) is 19.1 Å². The van der Waals surface area contributed by atoms with Crippen LogP contribution in [0.1, 0.15) is 30.5 Å². The molecular weight excluding hydrogens is 442 g/mol. The summed E-state index contributed by atoms with van der Waals surface area (Å²) < 4.78 is 62.5. The minimum Gasteiger partial charge on any atom is -0.491 e. The van der Waals surface area contributed by atoms with Crippen LogP contribution in [0.15, 0.2) is 12.8 Å². The number of rotatable bonds is 7. The molecule has 1 fully saturated rings. The molecule has 0 aliphatic carbocycles. The zero-order valence-electron chi connectivity index (χ0n) is 16.4. The van der Waals surface area contributed by atoms with Gasteiger partial charge >= 0.3 is 6.18 Å². The van der Waals surface area contributed by atoms with E-state index in [0.29, 0.717) is 11.3 Å². The molecule has 30 heavy (non-hydrogen) atoms. The first kappa shape index (κ1) is 22.8. The minimum atomic E-state index is -4.79. The second kappa shape index (κ2) is 9.48. The Kier molecular flexibility index (Phi) is 7.19. The second-order valence-corrected chi connectivity index (χ2v) is 8.35. The Morgan fingerprint density at radius 2 is 2.07 bits per heavy atom. The zero-order valence-corrected chi connectivity index (χ0v) is 18.1. The first-order chi connectivity index (χ1) is 14.2. The van der Waals surface area contributed by atoms with E-state index in [1.807, 2.05) is 6.26 Å². The summed E-state index contributed by atoms with van der Waals surface area (Å²) in [6.07, 6.45) is -0.261. The van der Waals surface area contributed by atoms with Gasteiger partial charge in [0.15, 0.2) is 16.5 Å². The van der Waals surface area contributed by atoms with E-state index in [0.717, 1.165) is 32.1 Å². The van der Waals surface area contributed by atoms with Gasteiger partial charge in [-0.3, -0.25) is 4.31 Å². The fraction of sp³-hybridized carbons (Fsp3) is 0.500. The molecule has 2 aromatic heterocycles. The number of piperidine rings is 1. The first-order valence-corrected chi connectivity index (χ1v) is 11.2. The third kappa shape index (κ3) is 5.22. The lowest BCUT2D eigenvalue weighted by molar-refractivity contribution is -0.140. The molecule has 1 saturated heterocycles. The summed E-state index contributed by atoms with van der Waals surface area (Å²) in [6.45, 7) is 7.22. The number of aromatic nitrogens is 3. The number of halogens is 4.